The van der Waals surface area contributed by atoms with Crippen LogP contribution in [0.5, 0.6) is 5.75 Å². The number of hydrogen-bond acceptors (Lipinski definition) is 6. The number of carbonyl (C=O) groups excluding carboxylic acids is 1. The minimum atomic E-state index is -0.0783. The van der Waals surface area contributed by atoms with Gasteiger partial charge in [0.25, 0.3) is 5.91 Å². The maximum absolute atomic E-state index is 12.7. The van der Waals surface area contributed by atoms with E-state index in [1.54, 1.807) is 28.4 Å². The molecule has 0 N–H and O–H groups in total. The molecular formula is C19H21N3O3S. The minimum absolute atomic E-state index is 0.0783. The van der Waals surface area contributed by atoms with Crippen LogP contribution >= 0.6 is 11.3 Å². The van der Waals surface area contributed by atoms with Gasteiger partial charge in [-0.2, -0.15) is 4.98 Å². The van der Waals surface area contributed by atoms with Crippen molar-refractivity contribution in [1.29, 1.82) is 0 Å². The van der Waals surface area contributed by atoms with Gasteiger partial charge in [-0.3, -0.25) is 4.79 Å². The highest BCUT2D eigenvalue weighted by Gasteiger charge is 2.18. The Balaban J connectivity index is 1.67. The molecule has 0 unspecified atom stereocenters. The Labute approximate surface area is 156 Å². The lowest BCUT2D eigenvalue weighted by Gasteiger charge is -2.19. The van der Waals surface area contributed by atoms with E-state index in [1.165, 1.54) is 0 Å². The predicted molar refractivity (Wildman–Crippen MR) is 100 cm³/mol. The van der Waals surface area contributed by atoms with Crippen LogP contribution in [0.25, 0.3) is 10.7 Å². The molecule has 0 aliphatic heterocycles. The molecule has 0 fully saturated rings. The van der Waals surface area contributed by atoms with Gasteiger partial charge in [0.15, 0.2) is 0 Å². The van der Waals surface area contributed by atoms with Gasteiger partial charge in [-0.05, 0) is 49.1 Å². The van der Waals surface area contributed by atoms with Gasteiger partial charge in [0.05, 0.1) is 11.5 Å². The van der Waals surface area contributed by atoms with E-state index in [2.05, 4.69) is 17.1 Å². The van der Waals surface area contributed by atoms with E-state index >= 15 is 0 Å². The molecule has 26 heavy (non-hydrogen) atoms. The quantitative estimate of drug-likeness (QED) is 0.592. The lowest BCUT2D eigenvalue weighted by Crippen LogP contribution is -2.30. The number of ether oxygens (including phenoxy) is 1. The molecule has 6 nitrogen and oxygen atoms in total. The molecule has 0 spiro atoms. The zero-order valence-corrected chi connectivity index (χ0v) is 15.7. The van der Waals surface area contributed by atoms with Crippen LogP contribution in [0, 0.1) is 0 Å². The fraction of sp³-hybridized carbons (Fsp3) is 0.316. The first kappa shape index (κ1) is 18.1. The standard InChI is InChI=1S/C19H21N3O3S/c1-3-11-24-15-9-7-14(8-10-15)19(23)22(4-2)13-17-20-18(21-25-17)16-6-5-12-26-16/h5-10,12H,3-4,11,13H2,1-2H3. The van der Waals surface area contributed by atoms with Crippen molar-refractivity contribution in [2.75, 3.05) is 13.2 Å². The molecule has 0 aliphatic rings. The lowest BCUT2D eigenvalue weighted by atomic mass is 10.2. The third kappa shape index (κ3) is 4.29. The molecule has 1 aromatic carbocycles. The maximum Gasteiger partial charge on any atom is 0.254 e. The number of rotatable bonds is 8. The Kier molecular flexibility index (Phi) is 6.01. The Hall–Kier alpha value is -2.67. The van der Waals surface area contributed by atoms with Crippen LogP contribution in [-0.2, 0) is 6.54 Å². The number of nitrogens with zero attached hydrogens (tertiary/aromatic N) is 3. The summed E-state index contributed by atoms with van der Waals surface area (Å²) in [7, 11) is 0. The Morgan fingerprint density at radius 2 is 2.04 bits per heavy atom. The van der Waals surface area contributed by atoms with Crippen molar-refractivity contribution < 1.29 is 14.1 Å². The molecule has 0 radical (unpaired) electrons. The van der Waals surface area contributed by atoms with Crippen molar-refractivity contribution in [3.63, 3.8) is 0 Å². The summed E-state index contributed by atoms with van der Waals surface area (Å²) >= 11 is 1.55. The SMILES string of the molecule is CCCOc1ccc(C(=O)N(CC)Cc2nc(-c3cccs3)no2)cc1. The number of aromatic nitrogens is 2. The van der Waals surface area contributed by atoms with Crippen LogP contribution in [0.15, 0.2) is 46.3 Å². The fourth-order valence-corrected chi connectivity index (χ4v) is 3.06. The largest absolute Gasteiger partial charge is 0.494 e. The van der Waals surface area contributed by atoms with E-state index in [-0.39, 0.29) is 12.5 Å². The molecular weight excluding hydrogens is 350 g/mol. The van der Waals surface area contributed by atoms with Crippen molar-refractivity contribution >= 4 is 17.2 Å². The third-order valence-electron chi connectivity index (χ3n) is 3.78. The second-order valence-electron chi connectivity index (χ2n) is 5.68. The minimum Gasteiger partial charge on any atom is -0.494 e. The number of amides is 1. The molecule has 7 heteroatoms. The van der Waals surface area contributed by atoms with Crippen molar-refractivity contribution in [2.24, 2.45) is 0 Å². The number of benzene rings is 1. The average molecular weight is 371 g/mol. The van der Waals surface area contributed by atoms with Gasteiger partial charge in [-0.1, -0.05) is 18.1 Å². The van der Waals surface area contributed by atoms with Crippen LogP contribution in [0.1, 0.15) is 36.5 Å². The van der Waals surface area contributed by atoms with E-state index < -0.39 is 0 Å². The van der Waals surface area contributed by atoms with E-state index in [0.29, 0.717) is 30.4 Å². The lowest BCUT2D eigenvalue weighted by molar-refractivity contribution is 0.0734. The monoisotopic (exact) mass is 371 g/mol. The summed E-state index contributed by atoms with van der Waals surface area (Å²) in [5.41, 5.74) is 0.605. The van der Waals surface area contributed by atoms with Gasteiger partial charge in [0.1, 0.15) is 12.3 Å². The predicted octanol–water partition coefficient (Wildman–Crippen LogP) is 4.25. The molecule has 0 saturated heterocycles. The molecule has 0 aliphatic carbocycles. The Morgan fingerprint density at radius 3 is 2.69 bits per heavy atom. The Bertz CT molecular complexity index is 828. The summed E-state index contributed by atoms with van der Waals surface area (Å²) in [4.78, 5) is 19.7. The Morgan fingerprint density at radius 1 is 1.23 bits per heavy atom. The van der Waals surface area contributed by atoms with Crippen LogP contribution in [0.3, 0.4) is 0 Å². The number of carbonyl (C=O) groups is 1. The van der Waals surface area contributed by atoms with Gasteiger partial charge in [0.2, 0.25) is 11.7 Å². The maximum atomic E-state index is 12.7. The average Bonchev–Trinajstić information content (AvgIpc) is 3.36. The molecule has 2 aromatic heterocycles. The first-order valence-corrected chi connectivity index (χ1v) is 9.47. The van der Waals surface area contributed by atoms with Crippen molar-refractivity contribution in [3.05, 3.63) is 53.2 Å². The van der Waals surface area contributed by atoms with E-state index in [4.69, 9.17) is 9.26 Å². The summed E-state index contributed by atoms with van der Waals surface area (Å²) in [6.45, 7) is 5.47. The first-order valence-electron chi connectivity index (χ1n) is 8.59. The summed E-state index contributed by atoms with van der Waals surface area (Å²) < 4.78 is 10.9. The van der Waals surface area contributed by atoms with Gasteiger partial charge >= 0.3 is 0 Å². The topological polar surface area (TPSA) is 68.5 Å². The molecule has 0 saturated carbocycles. The molecule has 136 valence electrons. The summed E-state index contributed by atoms with van der Waals surface area (Å²) in [6.07, 6.45) is 0.946. The summed E-state index contributed by atoms with van der Waals surface area (Å²) in [5, 5.41) is 5.95. The first-order chi connectivity index (χ1) is 12.7. The van der Waals surface area contributed by atoms with Crippen molar-refractivity contribution in [2.45, 2.75) is 26.8 Å². The molecule has 0 bridgehead atoms. The number of hydrogen-bond donors (Lipinski definition) is 0. The van der Waals surface area contributed by atoms with E-state index in [9.17, 15) is 4.79 Å². The highest BCUT2D eigenvalue weighted by molar-refractivity contribution is 7.13. The highest BCUT2D eigenvalue weighted by Crippen LogP contribution is 2.22. The second kappa shape index (κ2) is 8.62. The van der Waals surface area contributed by atoms with Crippen LogP contribution < -0.4 is 4.74 Å². The van der Waals surface area contributed by atoms with Gasteiger partial charge < -0.3 is 14.2 Å². The molecule has 3 aromatic rings. The summed E-state index contributed by atoms with van der Waals surface area (Å²) in [6, 6.07) is 11.1. The molecule has 3 rings (SSSR count). The van der Waals surface area contributed by atoms with E-state index in [0.717, 1.165) is 17.0 Å². The van der Waals surface area contributed by atoms with Crippen LogP contribution in [0.4, 0.5) is 0 Å². The van der Waals surface area contributed by atoms with Crippen molar-refractivity contribution in [1.82, 2.24) is 15.0 Å². The van der Waals surface area contributed by atoms with Crippen LogP contribution in [0.2, 0.25) is 0 Å². The zero-order chi connectivity index (χ0) is 18.4. The van der Waals surface area contributed by atoms with Gasteiger partial charge in [0, 0.05) is 12.1 Å². The smallest absolute Gasteiger partial charge is 0.254 e. The van der Waals surface area contributed by atoms with Crippen molar-refractivity contribution in [3.8, 4) is 16.5 Å². The summed E-state index contributed by atoms with van der Waals surface area (Å²) in [5.74, 6) is 1.66. The van der Waals surface area contributed by atoms with E-state index in [1.807, 2.05) is 36.6 Å². The molecule has 0 atom stereocenters. The fourth-order valence-electron chi connectivity index (χ4n) is 2.41. The van der Waals surface area contributed by atoms with Gasteiger partial charge in [-0.15, -0.1) is 11.3 Å². The third-order valence-corrected chi connectivity index (χ3v) is 4.64. The van der Waals surface area contributed by atoms with Crippen LogP contribution in [-0.4, -0.2) is 34.1 Å². The highest BCUT2D eigenvalue weighted by atomic mass is 32.1. The van der Waals surface area contributed by atoms with Gasteiger partial charge in [-0.25, -0.2) is 0 Å². The molecule has 2 heterocycles. The molecule has 1 amide bonds. The zero-order valence-electron chi connectivity index (χ0n) is 14.8. The number of thiophene rings is 1. The normalized spacial score (nSPS) is 10.7. The second-order valence-corrected chi connectivity index (χ2v) is 6.63.